The summed E-state index contributed by atoms with van der Waals surface area (Å²) in [7, 11) is 0. The molecule has 0 fully saturated rings. The fourth-order valence-corrected chi connectivity index (χ4v) is 4.90. The normalized spacial score (nSPS) is 14.7. The number of carbonyl (C=O) groups is 2. The molecule has 2 amide bonds. The zero-order chi connectivity index (χ0) is 27.4. The van der Waals surface area contributed by atoms with E-state index < -0.39 is 0 Å². The minimum Gasteiger partial charge on any atom is -0.486 e. The van der Waals surface area contributed by atoms with Crippen LogP contribution in [0.4, 0.5) is 4.39 Å². The van der Waals surface area contributed by atoms with E-state index in [1.165, 1.54) is 17.7 Å². The summed E-state index contributed by atoms with van der Waals surface area (Å²) in [5, 5.41) is 2.73. The van der Waals surface area contributed by atoms with Crippen LogP contribution in [0.15, 0.2) is 89.3 Å². The third-order valence-electron chi connectivity index (χ3n) is 6.85. The highest BCUT2D eigenvalue weighted by molar-refractivity contribution is 5.91. The lowest BCUT2D eigenvalue weighted by molar-refractivity contribution is -0.136. The Labute approximate surface area is 227 Å². The third-order valence-corrected chi connectivity index (χ3v) is 6.85. The summed E-state index contributed by atoms with van der Waals surface area (Å²) >= 11 is 0. The van der Waals surface area contributed by atoms with E-state index in [-0.39, 0.29) is 48.5 Å². The molecule has 0 saturated heterocycles. The van der Waals surface area contributed by atoms with Gasteiger partial charge in [0.2, 0.25) is 5.91 Å². The van der Waals surface area contributed by atoms with Crippen LogP contribution in [-0.2, 0) is 24.4 Å². The number of rotatable bonds is 8. The average Bonchev–Trinajstić information content (AvgIpc) is 3.43. The second-order valence-corrected chi connectivity index (χ2v) is 9.98. The van der Waals surface area contributed by atoms with E-state index in [1.807, 2.05) is 49.1 Å². The van der Waals surface area contributed by atoms with Gasteiger partial charge < -0.3 is 19.4 Å². The molecule has 0 unspecified atom stereocenters. The maximum atomic E-state index is 13.4. The molecule has 0 bridgehead atoms. The topological polar surface area (TPSA) is 71.8 Å². The number of halogens is 1. The van der Waals surface area contributed by atoms with Crippen molar-refractivity contribution in [1.82, 2.24) is 10.2 Å². The van der Waals surface area contributed by atoms with Gasteiger partial charge in [-0.3, -0.25) is 9.59 Å². The van der Waals surface area contributed by atoms with Crippen molar-refractivity contribution in [2.45, 2.75) is 39.5 Å². The summed E-state index contributed by atoms with van der Waals surface area (Å²) in [5.41, 5.74) is 3.97. The van der Waals surface area contributed by atoms with Gasteiger partial charge in [0.1, 0.15) is 23.9 Å². The Hall–Kier alpha value is -4.39. The highest BCUT2D eigenvalue weighted by Crippen LogP contribution is 2.38. The van der Waals surface area contributed by atoms with Gasteiger partial charge in [0.25, 0.3) is 5.91 Å². The first-order valence-corrected chi connectivity index (χ1v) is 13.1. The molecule has 4 aromatic rings. The summed E-state index contributed by atoms with van der Waals surface area (Å²) in [6.45, 7) is 4.86. The maximum Gasteiger partial charge on any atom is 0.287 e. The SMILES string of the molecule is CC(C)C(=O)N1CCc2ccc(OCc3ccc(C(=O)NCc4cccc(F)c4)o3)cc2[C@H]1c1ccccc1. The first-order chi connectivity index (χ1) is 18.9. The fraction of sp³-hybridized carbons (Fsp3) is 0.250. The molecule has 1 aromatic heterocycles. The molecular weight excluding hydrogens is 495 g/mol. The van der Waals surface area contributed by atoms with Crippen molar-refractivity contribution < 1.29 is 23.1 Å². The van der Waals surface area contributed by atoms with E-state index in [0.717, 1.165) is 17.5 Å². The number of nitrogens with one attached hydrogen (secondary N) is 1. The minimum atomic E-state index is -0.389. The molecule has 200 valence electrons. The third kappa shape index (κ3) is 6.03. The lowest BCUT2D eigenvalue weighted by Gasteiger charge is -2.39. The van der Waals surface area contributed by atoms with E-state index in [0.29, 0.717) is 23.6 Å². The van der Waals surface area contributed by atoms with E-state index in [4.69, 9.17) is 9.15 Å². The number of fused-ring (bicyclic) bond motifs is 1. The van der Waals surface area contributed by atoms with Crippen molar-refractivity contribution >= 4 is 11.8 Å². The molecule has 1 N–H and O–H groups in total. The van der Waals surface area contributed by atoms with E-state index >= 15 is 0 Å². The van der Waals surface area contributed by atoms with Gasteiger partial charge in [-0.25, -0.2) is 4.39 Å². The molecule has 1 aliphatic heterocycles. The Kier molecular flexibility index (Phi) is 7.77. The quantitative estimate of drug-likeness (QED) is 0.303. The van der Waals surface area contributed by atoms with Crippen LogP contribution in [0.25, 0.3) is 0 Å². The lowest BCUT2D eigenvalue weighted by Crippen LogP contribution is -2.42. The molecule has 0 saturated carbocycles. The highest BCUT2D eigenvalue weighted by Gasteiger charge is 2.33. The van der Waals surface area contributed by atoms with Gasteiger partial charge in [0.15, 0.2) is 5.76 Å². The number of amides is 2. The number of ether oxygens (including phenoxy) is 1. The van der Waals surface area contributed by atoms with Crippen LogP contribution in [0.1, 0.15) is 58.5 Å². The average molecular weight is 527 g/mol. The zero-order valence-electron chi connectivity index (χ0n) is 22.0. The molecule has 5 rings (SSSR count). The molecule has 1 aliphatic rings. The van der Waals surface area contributed by atoms with Crippen LogP contribution in [0, 0.1) is 11.7 Å². The minimum absolute atomic E-state index is 0.101. The smallest absolute Gasteiger partial charge is 0.287 e. The van der Waals surface area contributed by atoms with E-state index in [9.17, 15) is 14.0 Å². The summed E-state index contributed by atoms with van der Waals surface area (Å²) in [6.07, 6.45) is 0.781. The van der Waals surface area contributed by atoms with Gasteiger partial charge in [0.05, 0.1) is 6.04 Å². The number of carbonyl (C=O) groups excluding carboxylic acids is 2. The summed E-state index contributed by atoms with van der Waals surface area (Å²) in [6, 6.07) is 25.2. The van der Waals surface area contributed by atoms with Gasteiger partial charge in [0, 0.05) is 19.0 Å². The van der Waals surface area contributed by atoms with E-state index in [2.05, 4.69) is 23.5 Å². The lowest BCUT2D eigenvalue weighted by atomic mass is 9.87. The molecule has 2 heterocycles. The number of hydrogen-bond donors (Lipinski definition) is 1. The molecule has 1 atom stereocenters. The van der Waals surface area contributed by atoms with Gasteiger partial charge >= 0.3 is 0 Å². The van der Waals surface area contributed by atoms with Crippen molar-refractivity contribution in [2.24, 2.45) is 5.92 Å². The Morgan fingerprint density at radius 2 is 1.85 bits per heavy atom. The summed E-state index contributed by atoms with van der Waals surface area (Å²) < 4.78 is 25.1. The predicted octanol–water partition coefficient (Wildman–Crippen LogP) is 6.06. The first-order valence-electron chi connectivity index (χ1n) is 13.1. The van der Waals surface area contributed by atoms with Crippen molar-refractivity contribution in [3.8, 4) is 5.75 Å². The second kappa shape index (κ2) is 11.6. The predicted molar refractivity (Wildman–Crippen MR) is 146 cm³/mol. The molecular formula is C32H31FN2O4. The molecule has 0 spiro atoms. The molecule has 6 nitrogen and oxygen atoms in total. The van der Waals surface area contributed by atoms with Crippen molar-refractivity contribution in [2.75, 3.05) is 6.54 Å². The van der Waals surface area contributed by atoms with Crippen LogP contribution in [0.5, 0.6) is 5.75 Å². The van der Waals surface area contributed by atoms with Crippen LogP contribution >= 0.6 is 0 Å². The van der Waals surface area contributed by atoms with Gasteiger partial charge in [-0.15, -0.1) is 0 Å². The van der Waals surface area contributed by atoms with Crippen LogP contribution < -0.4 is 10.1 Å². The Bertz CT molecular complexity index is 1460. The molecule has 0 aliphatic carbocycles. The van der Waals surface area contributed by atoms with E-state index in [1.54, 1.807) is 24.3 Å². The number of nitrogens with zero attached hydrogens (tertiary/aromatic N) is 1. The van der Waals surface area contributed by atoms with Gasteiger partial charge in [-0.1, -0.05) is 62.4 Å². The van der Waals surface area contributed by atoms with Gasteiger partial charge in [-0.2, -0.15) is 0 Å². The van der Waals surface area contributed by atoms with Crippen LogP contribution in [0.3, 0.4) is 0 Å². The van der Waals surface area contributed by atoms with Crippen molar-refractivity contribution in [3.63, 3.8) is 0 Å². The number of hydrogen-bond acceptors (Lipinski definition) is 4. The Morgan fingerprint density at radius 1 is 1.03 bits per heavy atom. The summed E-state index contributed by atoms with van der Waals surface area (Å²) in [5.74, 6) is 0.593. The maximum absolute atomic E-state index is 13.4. The molecule has 0 radical (unpaired) electrons. The first kappa shape index (κ1) is 26.2. The molecule has 7 heteroatoms. The summed E-state index contributed by atoms with van der Waals surface area (Å²) in [4.78, 5) is 27.6. The van der Waals surface area contributed by atoms with Crippen LogP contribution in [-0.4, -0.2) is 23.3 Å². The molecule has 39 heavy (non-hydrogen) atoms. The Morgan fingerprint density at radius 3 is 2.62 bits per heavy atom. The number of benzene rings is 3. The Balaban J connectivity index is 1.29. The monoisotopic (exact) mass is 526 g/mol. The second-order valence-electron chi connectivity index (χ2n) is 9.98. The van der Waals surface area contributed by atoms with Crippen molar-refractivity contribution in [1.29, 1.82) is 0 Å². The van der Waals surface area contributed by atoms with Crippen molar-refractivity contribution in [3.05, 3.63) is 125 Å². The van der Waals surface area contributed by atoms with Gasteiger partial charge in [-0.05, 0) is 65.1 Å². The largest absolute Gasteiger partial charge is 0.486 e. The highest BCUT2D eigenvalue weighted by atomic mass is 19.1. The zero-order valence-corrected chi connectivity index (χ0v) is 22.0. The molecule has 3 aromatic carbocycles. The van der Waals surface area contributed by atoms with Crippen LogP contribution in [0.2, 0.25) is 0 Å². The number of furan rings is 1. The fourth-order valence-electron chi connectivity index (χ4n) is 4.90. The standard InChI is InChI=1S/C32H31FN2O4/c1-21(2)32(37)35-16-15-23-11-12-26(18-28(23)30(35)24-8-4-3-5-9-24)38-20-27-13-14-29(39-27)31(36)34-19-22-7-6-10-25(33)17-22/h3-14,17-18,21,30H,15-16,19-20H2,1-2H3,(H,34,36)/t30-/m1/s1.